The van der Waals surface area contributed by atoms with E-state index in [4.69, 9.17) is 11.6 Å². The highest BCUT2D eigenvalue weighted by atomic mass is 35.5. The summed E-state index contributed by atoms with van der Waals surface area (Å²) in [4.78, 5) is 25.1. The van der Waals surface area contributed by atoms with Gasteiger partial charge in [0, 0.05) is 18.7 Å². The van der Waals surface area contributed by atoms with E-state index in [9.17, 15) is 18.0 Å². The number of ketones is 1. The molecule has 0 saturated heterocycles. The molecule has 0 atom stereocenters. The van der Waals surface area contributed by atoms with E-state index in [0.29, 0.717) is 18.7 Å². The Bertz CT molecular complexity index is 1110. The van der Waals surface area contributed by atoms with Crippen LogP contribution in [-0.4, -0.2) is 37.5 Å². The lowest BCUT2D eigenvalue weighted by atomic mass is 10.1. The zero-order valence-electron chi connectivity index (χ0n) is 23.6. The van der Waals surface area contributed by atoms with Crippen LogP contribution in [-0.2, 0) is 14.8 Å². The van der Waals surface area contributed by atoms with Crippen molar-refractivity contribution in [2.75, 3.05) is 18.4 Å². The quantitative estimate of drug-likeness (QED) is 0.0976. The average molecular weight is 577 g/mol. The third-order valence-electron chi connectivity index (χ3n) is 6.79. The molecule has 2 rings (SSSR count). The summed E-state index contributed by atoms with van der Waals surface area (Å²) in [5, 5.41) is 2.85. The Morgan fingerprint density at radius 1 is 0.769 bits per heavy atom. The first kappa shape index (κ1) is 33.0. The van der Waals surface area contributed by atoms with Crippen LogP contribution >= 0.6 is 11.6 Å². The van der Waals surface area contributed by atoms with Gasteiger partial charge in [-0.05, 0) is 31.0 Å². The van der Waals surface area contributed by atoms with Crippen molar-refractivity contribution < 1.29 is 18.0 Å². The van der Waals surface area contributed by atoms with E-state index in [1.54, 1.807) is 34.6 Å². The van der Waals surface area contributed by atoms with Gasteiger partial charge in [0.1, 0.15) is 0 Å². The Balaban J connectivity index is 2.10. The molecule has 0 fully saturated rings. The largest absolute Gasteiger partial charge is 0.324 e. The van der Waals surface area contributed by atoms with E-state index in [1.165, 1.54) is 56.7 Å². The van der Waals surface area contributed by atoms with E-state index in [-0.39, 0.29) is 27.8 Å². The van der Waals surface area contributed by atoms with Crippen LogP contribution in [0.2, 0.25) is 5.02 Å². The van der Waals surface area contributed by atoms with Gasteiger partial charge in [-0.3, -0.25) is 9.59 Å². The normalized spacial score (nSPS) is 11.6. The molecule has 39 heavy (non-hydrogen) atoms. The van der Waals surface area contributed by atoms with Crippen molar-refractivity contribution in [3.63, 3.8) is 0 Å². The first-order valence-electron chi connectivity index (χ1n) is 14.5. The molecule has 216 valence electrons. The molecule has 0 aliphatic carbocycles. The van der Waals surface area contributed by atoms with Gasteiger partial charge in [0.25, 0.3) is 0 Å². The number of amides is 1. The SMILES string of the molecule is CCCCCCCCN(CCCCCCCC)S(=O)(=O)c1ccc(Cl)c(NC(=O)CC(=O)c2ccccc2)c1. The summed E-state index contributed by atoms with van der Waals surface area (Å²) in [6.45, 7) is 5.30. The monoisotopic (exact) mass is 576 g/mol. The molecular weight excluding hydrogens is 532 g/mol. The zero-order valence-corrected chi connectivity index (χ0v) is 25.2. The number of carbonyl (C=O) groups excluding carboxylic acids is 2. The van der Waals surface area contributed by atoms with Gasteiger partial charge in [-0.25, -0.2) is 8.42 Å². The molecule has 0 aromatic heterocycles. The lowest BCUT2D eigenvalue weighted by molar-refractivity contribution is -0.115. The van der Waals surface area contributed by atoms with Gasteiger partial charge in [-0.1, -0.05) is 120 Å². The second-order valence-corrected chi connectivity index (χ2v) is 12.4. The highest BCUT2D eigenvalue weighted by molar-refractivity contribution is 7.89. The molecule has 8 heteroatoms. The second kappa shape index (κ2) is 18.2. The minimum Gasteiger partial charge on any atom is -0.324 e. The van der Waals surface area contributed by atoms with E-state index in [2.05, 4.69) is 19.2 Å². The second-order valence-electron chi connectivity index (χ2n) is 10.1. The number of rotatable bonds is 20. The molecule has 0 heterocycles. The Hall–Kier alpha value is -2.22. The summed E-state index contributed by atoms with van der Waals surface area (Å²) in [7, 11) is -3.78. The topological polar surface area (TPSA) is 83.6 Å². The van der Waals surface area contributed by atoms with Gasteiger partial charge >= 0.3 is 0 Å². The number of hydrogen-bond acceptors (Lipinski definition) is 4. The third-order valence-corrected chi connectivity index (χ3v) is 9.01. The Morgan fingerprint density at radius 2 is 1.31 bits per heavy atom. The summed E-state index contributed by atoms with van der Waals surface area (Å²) in [6, 6.07) is 12.9. The molecule has 2 aromatic carbocycles. The number of nitrogens with zero attached hydrogens (tertiary/aromatic N) is 1. The number of Topliss-reactive ketones (excluding diaryl/α,β-unsaturated/α-hetero) is 1. The van der Waals surface area contributed by atoms with Crippen LogP contribution in [0.4, 0.5) is 5.69 Å². The average Bonchev–Trinajstić information content (AvgIpc) is 2.92. The van der Waals surface area contributed by atoms with Gasteiger partial charge in [-0.15, -0.1) is 0 Å². The molecule has 0 bridgehead atoms. The molecule has 1 N–H and O–H groups in total. The predicted octanol–water partition coefficient (Wildman–Crippen LogP) is 8.26. The molecule has 0 aliphatic rings. The van der Waals surface area contributed by atoms with Crippen molar-refractivity contribution in [2.45, 2.75) is 102 Å². The number of anilines is 1. The number of hydrogen-bond donors (Lipinski definition) is 1. The highest BCUT2D eigenvalue weighted by Gasteiger charge is 2.25. The van der Waals surface area contributed by atoms with Gasteiger partial charge in [0.15, 0.2) is 5.78 Å². The van der Waals surface area contributed by atoms with Gasteiger partial charge < -0.3 is 5.32 Å². The Morgan fingerprint density at radius 3 is 1.87 bits per heavy atom. The molecule has 0 aliphatic heterocycles. The molecule has 0 spiro atoms. The summed E-state index contributed by atoms with van der Waals surface area (Å²) >= 11 is 6.30. The fourth-order valence-electron chi connectivity index (χ4n) is 4.47. The fourth-order valence-corrected chi connectivity index (χ4v) is 6.17. The maximum absolute atomic E-state index is 13.7. The molecular formula is C31H45ClN2O4S. The maximum Gasteiger partial charge on any atom is 0.243 e. The van der Waals surface area contributed by atoms with Crippen LogP contribution in [0.3, 0.4) is 0 Å². The van der Waals surface area contributed by atoms with Crippen LogP contribution in [0, 0.1) is 0 Å². The van der Waals surface area contributed by atoms with Crippen molar-refractivity contribution in [1.29, 1.82) is 0 Å². The number of carbonyl (C=O) groups is 2. The van der Waals surface area contributed by atoms with E-state index in [1.807, 2.05) is 0 Å². The molecule has 0 unspecified atom stereocenters. The predicted molar refractivity (Wildman–Crippen MR) is 161 cm³/mol. The molecule has 0 saturated carbocycles. The lowest BCUT2D eigenvalue weighted by Gasteiger charge is -2.23. The van der Waals surface area contributed by atoms with Gasteiger partial charge in [0.2, 0.25) is 15.9 Å². The number of halogens is 1. The van der Waals surface area contributed by atoms with Crippen molar-refractivity contribution in [1.82, 2.24) is 4.31 Å². The van der Waals surface area contributed by atoms with Crippen molar-refractivity contribution in [3.05, 3.63) is 59.1 Å². The summed E-state index contributed by atoms with van der Waals surface area (Å²) in [6.07, 6.45) is 12.6. The standard InChI is InChI=1S/C31H45ClN2O4S/c1-3-5-7-9-11-16-22-34(23-17-12-10-8-6-4-2)39(37,38)27-20-21-28(32)29(24-27)33-31(36)25-30(35)26-18-14-13-15-19-26/h13-15,18-21,24H,3-12,16-17,22-23,25H2,1-2H3,(H,33,36). The molecule has 6 nitrogen and oxygen atoms in total. The number of nitrogens with one attached hydrogen (secondary N) is 1. The van der Waals surface area contributed by atoms with Crippen molar-refractivity contribution in [2.24, 2.45) is 0 Å². The van der Waals surface area contributed by atoms with Crippen molar-refractivity contribution >= 4 is 39.0 Å². The first-order chi connectivity index (χ1) is 18.8. The third kappa shape index (κ3) is 11.8. The summed E-state index contributed by atoms with van der Waals surface area (Å²) in [5.74, 6) is -0.867. The highest BCUT2D eigenvalue weighted by Crippen LogP contribution is 2.28. The molecule has 0 radical (unpaired) electrons. The minimum atomic E-state index is -3.78. The van der Waals surface area contributed by atoms with E-state index >= 15 is 0 Å². The summed E-state index contributed by atoms with van der Waals surface area (Å²) < 4.78 is 29.0. The summed E-state index contributed by atoms with van der Waals surface area (Å²) in [5.41, 5.74) is 0.623. The zero-order chi connectivity index (χ0) is 28.5. The number of benzene rings is 2. The first-order valence-corrected chi connectivity index (χ1v) is 16.3. The maximum atomic E-state index is 13.7. The fraction of sp³-hybridized carbons (Fsp3) is 0.548. The minimum absolute atomic E-state index is 0.0913. The van der Waals surface area contributed by atoms with E-state index in [0.717, 1.165) is 38.5 Å². The van der Waals surface area contributed by atoms with Crippen LogP contribution in [0.25, 0.3) is 0 Å². The molecule has 2 aromatic rings. The Labute approximate surface area is 240 Å². The lowest BCUT2D eigenvalue weighted by Crippen LogP contribution is -2.33. The van der Waals surface area contributed by atoms with Gasteiger partial charge in [0.05, 0.1) is 22.0 Å². The molecule has 1 amide bonds. The van der Waals surface area contributed by atoms with Crippen LogP contribution < -0.4 is 5.32 Å². The van der Waals surface area contributed by atoms with Crippen LogP contribution in [0.15, 0.2) is 53.4 Å². The van der Waals surface area contributed by atoms with Crippen LogP contribution in [0.5, 0.6) is 0 Å². The number of sulfonamides is 1. The number of unbranched alkanes of at least 4 members (excludes halogenated alkanes) is 10. The van der Waals surface area contributed by atoms with Gasteiger partial charge in [-0.2, -0.15) is 4.31 Å². The smallest absolute Gasteiger partial charge is 0.243 e. The van der Waals surface area contributed by atoms with Crippen molar-refractivity contribution in [3.8, 4) is 0 Å². The van der Waals surface area contributed by atoms with Crippen LogP contribution in [0.1, 0.15) is 108 Å². The Kier molecular flexibility index (Phi) is 15.4. The van der Waals surface area contributed by atoms with E-state index < -0.39 is 15.9 Å².